The number of aliphatic imine (C=N–C) groups is 1. The molecule has 1 aromatic carbocycles. The molecule has 0 fully saturated rings. The summed E-state index contributed by atoms with van der Waals surface area (Å²) in [6.45, 7) is 5.91. The normalized spacial score (nSPS) is 14.5. The lowest BCUT2D eigenvalue weighted by molar-refractivity contribution is -0.118. The molecule has 0 bridgehead atoms. The van der Waals surface area contributed by atoms with Crippen LogP contribution in [0.4, 0.5) is 0 Å². The van der Waals surface area contributed by atoms with Crippen LogP contribution in [0.15, 0.2) is 41.4 Å². The molecule has 0 spiro atoms. The third-order valence-electron chi connectivity index (χ3n) is 4.81. The number of carbonyl (C=O) groups excluding carboxylic acids is 1. The second-order valence-electron chi connectivity index (χ2n) is 7.61. The van der Waals surface area contributed by atoms with E-state index in [1.807, 2.05) is 36.4 Å². The standard InChI is InChI=1S/C22H26N2O3/c1-14(15-8-6-5-7-9-15)10-18(25)12-17-11-16-13-23-21(27-4)19(16)20(24-17)22(2,3)26/h5-9,11,14,26H,10,12-13H2,1-4H3/t14-/m0/s1. The molecule has 0 amide bonds. The van der Waals surface area contributed by atoms with Gasteiger partial charge >= 0.3 is 0 Å². The molecule has 142 valence electrons. The molecule has 5 nitrogen and oxygen atoms in total. The lowest BCUT2D eigenvalue weighted by atomic mass is 9.92. The maximum Gasteiger partial charge on any atom is 0.218 e. The van der Waals surface area contributed by atoms with E-state index in [1.165, 1.54) is 0 Å². The first-order valence-corrected chi connectivity index (χ1v) is 9.20. The second kappa shape index (κ2) is 7.61. The quantitative estimate of drug-likeness (QED) is 0.849. The van der Waals surface area contributed by atoms with Crippen LogP contribution in [-0.2, 0) is 28.1 Å². The summed E-state index contributed by atoms with van der Waals surface area (Å²) in [5.74, 6) is 0.780. The van der Waals surface area contributed by atoms with Gasteiger partial charge in [-0.25, -0.2) is 4.99 Å². The van der Waals surface area contributed by atoms with E-state index in [-0.39, 0.29) is 18.1 Å². The summed E-state index contributed by atoms with van der Waals surface area (Å²) < 4.78 is 5.33. The molecule has 2 aromatic rings. The summed E-state index contributed by atoms with van der Waals surface area (Å²) >= 11 is 0. The van der Waals surface area contributed by atoms with Crippen molar-refractivity contribution in [3.05, 3.63) is 64.5 Å². The Balaban J connectivity index is 1.81. The lowest BCUT2D eigenvalue weighted by Crippen LogP contribution is -2.24. The highest BCUT2D eigenvalue weighted by atomic mass is 16.5. The third kappa shape index (κ3) is 4.25. The van der Waals surface area contributed by atoms with Crippen molar-refractivity contribution in [1.82, 2.24) is 4.98 Å². The smallest absolute Gasteiger partial charge is 0.218 e. The Morgan fingerprint density at radius 2 is 2.00 bits per heavy atom. The van der Waals surface area contributed by atoms with Crippen LogP contribution < -0.4 is 0 Å². The Kier molecular flexibility index (Phi) is 5.42. The highest BCUT2D eigenvalue weighted by molar-refractivity contribution is 5.99. The molecule has 0 saturated carbocycles. The topological polar surface area (TPSA) is 71.8 Å². The number of ketones is 1. The third-order valence-corrected chi connectivity index (χ3v) is 4.81. The number of benzene rings is 1. The number of aromatic nitrogens is 1. The number of Topliss-reactive ketones (excluding diaryl/α,β-unsaturated/α-hetero) is 1. The molecule has 0 aliphatic carbocycles. The van der Waals surface area contributed by atoms with E-state index in [4.69, 9.17) is 4.74 Å². The van der Waals surface area contributed by atoms with Crippen LogP contribution in [0.1, 0.15) is 61.2 Å². The van der Waals surface area contributed by atoms with E-state index in [9.17, 15) is 9.90 Å². The number of methoxy groups -OCH3 is 1. The van der Waals surface area contributed by atoms with Crippen LogP contribution >= 0.6 is 0 Å². The van der Waals surface area contributed by atoms with Crippen LogP contribution in [0.3, 0.4) is 0 Å². The minimum Gasteiger partial charge on any atom is -0.481 e. The molecule has 3 rings (SSSR count). The number of nitrogens with zero attached hydrogens (tertiary/aromatic N) is 2. The zero-order valence-electron chi connectivity index (χ0n) is 16.3. The number of ether oxygens (including phenoxy) is 1. The molecule has 1 aliphatic rings. The van der Waals surface area contributed by atoms with Gasteiger partial charge in [-0.15, -0.1) is 0 Å². The van der Waals surface area contributed by atoms with Gasteiger partial charge in [-0.05, 0) is 37.0 Å². The molecule has 2 heterocycles. The second-order valence-corrected chi connectivity index (χ2v) is 7.61. The number of pyridine rings is 1. The predicted molar refractivity (Wildman–Crippen MR) is 105 cm³/mol. The zero-order chi connectivity index (χ0) is 19.6. The first-order valence-electron chi connectivity index (χ1n) is 9.20. The van der Waals surface area contributed by atoms with Crippen LogP contribution in [0, 0.1) is 0 Å². The molecular weight excluding hydrogens is 340 g/mol. The van der Waals surface area contributed by atoms with Crippen molar-refractivity contribution in [2.45, 2.75) is 51.7 Å². The average Bonchev–Trinajstić information content (AvgIpc) is 3.03. The van der Waals surface area contributed by atoms with E-state index in [0.29, 0.717) is 30.3 Å². The largest absolute Gasteiger partial charge is 0.481 e. The van der Waals surface area contributed by atoms with Crippen LogP contribution in [0.2, 0.25) is 0 Å². The summed E-state index contributed by atoms with van der Waals surface area (Å²) in [5, 5.41) is 10.6. The number of hydrogen-bond donors (Lipinski definition) is 1. The van der Waals surface area contributed by atoms with Crippen LogP contribution in [-0.4, -0.2) is 28.9 Å². The fourth-order valence-corrected chi connectivity index (χ4v) is 3.47. The Bertz CT molecular complexity index is 867. The molecule has 0 unspecified atom stereocenters. The van der Waals surface area contributed by atoms with E-state index in [2.05, 4.69) is 16.9 Å². The summed E-state index contributed by atoms with van der Waals surface area (Å²) in [7, 11) is 1.56. The Hall–Kier alpha value is -2.53. The molecule has 5 heteroatoms. The SMILES string of the molecule is COC1=NCc2cc(CC(=O)C[C@H](C)c3ccccc3)nc(C(C)(C)O)c21. The number of aliphatic hydroxyl groups is 1. The van der Waals surface area contributed by atoms with Gasteiger partial charge in [0, 0.05) is 18.5 Å². The van der Waals surface area contributed by atoms with Crippen LogP contribution in [0.5, 0.6) is 0 Å². The fraction of sp³-hybridized carbons (Fsp3) is 0.409. The maximum atomic E-state index is 12.6. The molecule has 1 atom stereocenters. The van der Waals surface area contributed by atoms with Gasteiger partial charge in [0.2, 0.25) is 5.90 Å². The minimum absolute atomic E-state index is 0.131. The zero-order valence-corrected chi connectivity index (χ0v) is 16.3. The van der Waals surface area contributed by atoms with Gasteiger partial charge in [0.15, 0.2) is 0 Å². The number of hydrogen-bond acceptors (Lipinski definition) is 5. The summed E-state index contributed by atoms with van der Waals surface area (Å²) in [5.41, 5.74) is 2.88. The van der Waals surface area contributed by atoms with Crippen molar-refractivity contribution in [1.29, 1.82) is 0 Å². The lowest BCUT2D eigenvalue weighted by Gasteiger charge is -2.21. The Morgan fingerprint density at radius 3 is 2.63 bits per heavy atom. The fourth-order valence-electron chi connectivity index (χ4n) is 3.47. The minimum atomic E-state index is -1.15. The highest BCUT2D eigenvalue weighted by Crippen LogP contribution is 2.30. The molecule has 0 saturated heterocycles. The van der Waals surface area contributed by atoms with Crippen molar-refractivity contribution in [3.63, 3.8) is 0 Å². The van der Waals surface area contributed by atoms with Gasteiger partial charge in [-0.3, -0.25) is 9.78 Å². The van der Waals surface area contributed by atoms with Gasteiger partial charge < -0.3 is 9.84 Å². The van der Waals surface area contributed by atoms with E-state index < -0.39 is 5.60 Å². The van der Waals surface area contributed by atoms with Crippen molar-refractivity contribution in [2.24, 2.45) is 4.99 Å². The average molecular weight is 366 g/mol. The number of carbonyl (C=O) groups is 1. The van der Waals surface area contributed by atoms with Crippen molar-refractivity contribution in [3.8, 4) is 0 Å². The summed E-state index contributed by atoms with van der Waals surface area (Å²) in [6, 6.07) is 11.9. The molecule has 1 aliphatic heterocycles. The maximum absolute atomic E-state index is 12.6. The van der Waals surface area contributed by atoms with Crippen LogP contribution in [0.25, 0.3) is 0 Å². The van der Waals surface area contributed by atoms with E-state index in [1.54, 1.807) is 21.0 Å². The summed E-state index contributed by atoms with van der Waals surface area (Å²) in [4.78, 5) is 21.6. The van der Waals surface area contributed by atoms with Gasteiger partial charge in [-0.2, -0.15) is 0 Å². The molecule has 27 heavy (non-hydrogen) atoms. The summed E-state index contributed by atoms with van der Waals surface area (Å²) in [6.07, 6.45) is 0.705. The number of rotatable bonds is 6. The van der Waals surface area contributed by atoms with Crippen molar-refractivity contribution in [2.75, 3.05) is 7.11 Å². The first-order chi connectivity index (χ1) is 12.8. The first kappa shape index (κ1) is 19.2. The van der Waals surface area contributed by atoms with Gasteiger partial charge in [0.1, 0.15) is 11.4 Å². The van der Waals surface area contributed by atoms with Crippen molar-refractivity contribution >= 4 is 11.7 Å². The van der Waals surface area contributed by atoms with Crippen molar-refractivity contribution < 1.29 is 14.6 Å². The monoisotopic (exact) mass is 366 g/mol. The van der Waals surface area contributed by atoms with E-state index >= 15 is 0 Å². The van der Waals surface area contributed by atoms with Gasteiger partial charge in [0.25, 0.3) is 0 Å². The molecular formula is C22H26N2O3. The Morgan fingerprint density at radius 1 is 1.30 bits per heavy atom. The Labute approximate surface area is 160 Å². The van der Waals surface area contributed by atoms with Gasteiger partial charge in [-0.1, -0.05) is 37.3 Å². The highest BCUT2D eigenvalue weighted by Gasteiger charge is 2.31. The molecule has 1 N–H and O–H groups in total. The number of fused-ring (bicyclic) bond motifs is 1. The molecule has 0 radical (unpaired) electrons. The van der Waals surface area contributed by atoms with E-state index in [0.717, 1.165) is 16.7 Å². The predicted octanol–water partition coefficient (Wildman–Crippen LogP) is 3.52. The molecule has 1 aromatic heterocycles. The van der Waals surface area contributed by atoms with Gasteiger partial charge in [0.05, 0.1) is 24.9 Å².